The van der Waals surface area contributed by atoms with E-state index in [0.717, 1.165) is 27.7 Å². The Morgan fingerprint density at radius 2 is 1.47 bits per heavy atom. The quantitative estimate of drug-likeness (QED) is 0.301. The fourth-order valence-electron chi connectivity index (χ4n) is 4.27. The van der Waals surface area contributed by atoms with Crippen molar-refractivity contribution in [2.45, 2.75) is 92.0 Å². The third kappa shape index (κ3) is 7.61. The lowest BCUT2D eigenvalue weighted by Crippen LogP contribution is -2.61. The Balaban J connectivity index is 2.60. The van der Waals surface area contributed by atoms with Gasteiger partial charge in [0, 0.05) is 46.2 Å². The number of hydrogen-bond donors (Lipinski definition) is 1. The lowest BCUT2D eigenvalue weighted by molar-refractivity contribution is -0.266. The molecule has 200 valence electrons. The summed E-state index contributed by atoms with van der Waals surface area (Å²) in [7, 11) is 0. The molecule has 0 saturated carbocycles. The maximum Gasteiger partial charge on any atom is 0.305 e. The molecule has 0 aromatic carbocycles. The molecule has 0 amide bonds. The average molecular weight is 512 g/mol. The summed E-state index contributed by atoms with van der Waals surface area (Å²) in [6, 6.07) is -1.29. The van der Waals surface area contributed by atoms with Crippen LogP contribution in [0.15, 0.2) is 16.3 Å². The van der Waals surface area contributed by atoms with Crippen molar-refractivity contribution in [3.8, 4) is 0 Å². The number of carbonyl (C=O) groups excluding carboxylic acids is 5. The Labute approximate surface area is 208 Å². The highest BCUT2D eigenvalue weighted by molar-refractivity contribution is 6.22. The summed E-state index contributed by atoms with van der Waals surface area (Å²) in [6.45, 7) is 9.30. The molecule has 5 atom stereocenters. The predicted molar refractivity (Wildman–Crippen MR) is 123 cm³/mol. The molecule has 1 heterocycles. The average Bonchev–Trinajstić information content (AvgIpc) is 2.68. The van der Waals surface area contributed by atoms with Gasteiger partial charge in [0.15, 0.2) is 24.0 Å². The summed E-state index contributed by atoms with van der Waals surface area (Å²) in [5, 5.41) is 10.6. The van der Waals surface area contributed by atoms with E-state index in [-0.39, 0.29) is 35.7 Å². The van der Waals surface area contributed by atoms with Gasteiger partial charge < -0.3 is 28.8 Å². The minimum Gasteiger partial charge on any atom is -0.511 e. The Morgan fingerprint density at radius 1 is 0.917 bits per heavy atom. The fourth-order valence-corrected chi connectivity index (χ4v) is 4.27. The summed E-state index contributed by atoms with van der Waals surface area (Å²) in [5.74, 6) is -3.39. The largest absolute Gasteiger partial charge is 0.511 e. The number of rotatable bonds is 7. The first-order chi connectivity index (χ1) is 16.6. The van der Waals surface area contributed by atoms with Gasteiger partial charge in [-0.15, -0.1) is 0 Å². The first kappa shape index (κ1) is 29.0. The van der Waals surface area contributed by atoms with Crippen molar-refractivity contribution < 1.29 is 52.8 Å². The van der Waals surface area contributed by atoms with Crippen LogP contribution in [0.3, 0.4) is 0 Å². The van der Waals surface area contributed by atoms with E-state index in [1.165, 1.54) is 6.92 Å². The highest BCUT2D eigenvalue weighted by Gasteiger charge is 2.52. The van der Waals surface area contributed by atoms with Crippen LogP contribution in [-0.2, 0) is 47.7 Å². The van der Waals surface area contributed by atoms with E-state index >= 15 is 0 Å². The van der Waals surface area contributed by atoms with Crippen molar-refractivity contribution >= 4 is 35.4 Å². The Morgan fingerprint density at radius 3 is 1.97 bits per heavy atom. The summed E-state index contributed by atoms with van der Waals surface area (Å²) >= 11 is 0. The van der Waals surface area contributed by atoms with Gasteiger partial charge in [-0.3, -0.25) is 29.0 Å². The Bertz CT molecular complexity index is 981. The number of hydrogen-bond acceptors (Lipinski definition) is 12. The first-order valence-electron chi connectivity index (χ1n) is 11.4. The molecule has 0 bridgehead atoms. The van der Waals surface area contributed by atoms with Crippen LogP contribution in [0.1, 0.15) is 61.3 Å². The zero-order valence-corrected chi connectivity index (χ0v) is 21.5. The van der Waals surface area contributed by atoms with Gasteiger partial charge >= 0.3 is 23.9 Å². The number of Topliss-reactive ketones (excluding diaryl/α,β-unsaturated/α-hetero) is 1. The topological polar surface area (TPSA) is 164 Å². The van der Waals surface area contributed by atoms with Crippen molar-refractivity contribution in [1.82, 2.24) is 0 Å². The van der Waals surface area contributed by atoms with Crippen molar-refractivity contribution in [1.29, 1.82) is 0 Å². The van der Waals surface area contributed by atoms with E-state index in [0.29, 0.717) is 0 Å². The van der Waals surface area contributed by atoms with Crippen LogP contribution in [0.2, 0.25) is 0 Å². The van der Waals surface area contributed by atoms with E-state index in [4.69, 9.17) is 23.7 Å². The molecular weight excluding hydrogens is 478 g/mol. The Kier molecular flexibility index (Phi) is 9.36. The van der Waals surface area contributed by atoms with Gasteiger partial charge in [-0.2, -0.15) is 0 Å². The molecule has 2 aliphatic rings. The summed E-state index contributed by atoms with van der Waals surface area (Å²) in [6.07, 6.45) is -4.89. The van der Waals surface area contributed by atoms with Gasteiger partial charge in [0.05, 0.1) is 5.57 Å². The van der Waals surface area contributed by atoms with Gasteiger partial charge in [0.1, 0.15) is 18.5 Å². The SMILES string of the molecule is CC(=O)OC[C@H]1O[C@H](OC(C)=O)[C@H](N=C(C)C2=C(O)CC(C)(C)CC2=O)[C@@H](OC(C)=O)[C@@H]1OC(C)=O. The summed E-state index contributed by atoms with van der Waals surface area (Å²) in [4.78, 5) is 64.4. The third-order valence-corrected chi connectivity index (χ3v) is 5.51. The predicted octanol–water partition coefficient (Wildman–Crippen LogP) is 1.73. The normalized spacial score (nSPS) is 28.2. The smallest absolute Gasteiger partial charge is 0.305 e. The first-order valence-corrected chi connectivity index (χ1v) is 11.4. The molecule has 1 fully saturated rings. The van der Waals surface area contributed by atoms with Gasteiger partial charge in [-0.1, -0.05) is 13.8 Å². The van der Waals surface area contributed by atoms with Crippen molar-refractivity contribution in [2.75, 3.05) is 6.61 Å². The third-order valence-electron chi connectivity index (χ3n) is 5.51. The minimum atomic E-state index is -1.47. The molecule has 0 aromatic heterocycles. The maximum atomic E-state index is 12.8. The van der Waals surface area contributed by atoms with E-state index in [2.05, 4.69) is 4.99 Å². The number of aliphatic imine (C=N–C) groups is 1. The molecule has 0 unspecified atom stereocenters. The zero-order valence-electron chi connectivity index (χ0n) is 21.5. The standard InChI is InChI=1S/C24H33NO11/c1-11(19-16(30)8-24(6,7)9-17(19)31)25-20-22(34-14(4)28)21(33-13(3)27)18(10-32-12(2)26)36-23(20)35-15(5)29/h18,20-23,30H,8-10H2,1-7H3/t18-,20-,21-,22-,23+/m1/s1. The van der Waals surface area contributed by atoms with Crippen molar-refractivity contribution in [3.63, 3.8) is 0 Å². The van der Waals surface area contributed by atoms with E-state index < -0.39 is 66.5 Å². The summed E-state index contributed by atoms with van der Waals surface area (Å²) in [5.41, 5.74) is -0.344. The molecule has 1 saturated heterocycles. The van der Waals surface area contributed by atoms with Crippen LogP contribution in [0.25, 0.3) is 0 Å². The molecular formula is C24H33NO11. The van der Waals surface area contributed by atoms with Crippen LogP contribution < -0.4 is 0 Å². The molecule has 1 N–H and O–H groups in total. The van der Waals surface area contributed by atoms with Gasteiger partial charge in [0.25, 0.3) is 0 Å². The van der Waals surface area contributed by atoms with Crippen LogP contribution >= 0.6 is 0 Å². The number of aliphatic hydroxyl groups is 1. The summed E-state index contributed by atoms with van der Waals surface area (Å²) < 4.78 is 26.9. The van der Waals surface area contributed by atoms with Gasteiger partial charge in [-0.05, 0) is 12.3 Å². The number of carbonyl (C=O) groups is 5. The number of aliphatic hydroxyl groups excluding tert-OH is 1. The van der Waals surface area contributed by atoms with Crippen LogP contribution in [0, 0.1) is 5.41 Å². The number of nitrogens with zero attached hydrogens (tertiary/aromatic N) is 1. The molecule has 1 aliphatic heterocycles. The zero-order chi connectivity index (χ0) is 27.4. The monoisotopic (exact) mass is 511 g/mol. The van der Waals surface area contributed by atoms with E-state index in [1.54, 1.807) is 0 Å². The number of ether oxygens (including phenoxy) is 5. The highest BCUT2D eigenvalue weighted by atomic mass is 16.7. The molecule has 0 spiro atoms. The fraction of sp³-hybridized carbons (Fsp3) is 0.667. The lowest BCUT2D eigenvalue weighted by Gasteiger charge is -2.43. The molecule has 1 aliphatic carbocycles. The molecule has 0 aromatic rings. The van der Waals surface area contributed by atoms with Crippen molar-refractivity contribution in [2.24, 2.45) is 10.4 Å². The van der Waals surface area contributed by atoms with Crippen LogP contribution in [0.5, 0.6) is 0 Å². The van der Waals surface area contributed by atoms with E-state index in [1.807, 2.05) is 13.8 Å². The molecule has 36 heavy (non-hydrogen) atoms. The Hall–Kier alpha value is -3.28. The highest BCUT2D eigenvalue weighted by Crippen LogP contribution is 2.37. The van der Waals surface area contributed by atoms with Crippen LogP contribution in [0.4, 0.5) is 0 Å². The van der Waals surface area contributed by atoms with Gasteiger partial charge in [-0.25, -0.2) is 0 Å². The lowest BCUT2D eigenvalue weighted by atomic mass is 9.75. The minimum absolute atomic E-state index is 0.00328. The number of allylic oxidation sites excluding steroid dienone is 2. The molecule has 0 radical (unpaired) electrons. The van der Waals surface area contributed by atoms with E-state index in [9.17, 15) is 29.1 Å². The number of ketones is 1. The molecule has 2 rings (SSSR count). The number of esters is 4. The maximum absolute atomic E-state index is 12.8. The second kappa shape index (κ2) is 11.6. The second-order valence-corrected chi connectivity index (χ2v) is 9.57. The van der Waals surface area contributed by atoms with Gasteiger partial charge in [0.2, 0.25) is 6.29 Å². The second-order valence-electron chi connectivity index (χ2n) is 9.57. The van der Waals surface area contributed by atoms with Crippen LogP contribution in [-0.4, -0.2) is 77.7 Å². The molecule has 12 heteroatoms. The molecule has 12 nitrogen and oxygen atoms in total. The van der Waals surface area contributed by atoms with Crippen molar-refractivity contribution in [3.05, 3.63) is 11.3 Å².